The molecule has 1 aromatic heterocycles. The molecular weight excluding hydrogens is 302 g/mol. The van der Waals surface area contributed by atoms with E-state index in [1.54, 1.807) is 48.6 Å². The van der Waals surface area contributed by atoms with Gasteiger partial charge < -0.3 is 15.0 Å². The highest BCUT2D eigenvalue weighted by molar-refractivity contribution is 5.89. The molecule has 2 amide bonds. The summed E-state index contributed by atoms with van der Waals surface area (Å²) >= 11 is 0. The molecule has 5 heteroatoms. The number of pyridine rings is 1. The normalized spacial score (nSPS) is 11.2. The van der Waals surface area contributed by atoms with E-state index in [9.17, 15) is 4.79 Å². The number of aromatic nitrogens is 1. The smallest absolute Gasteiger partial charge is 0.322 e. The number of ether oxygens (including phenoxy) is 1. The van der Waals surface area contributed by atoms with Crippen LogP contribution < -0.4 is 10.1 Å². The molecule has 0 aliphatic heterocycles. The summed E-state index contributed by atoms with van der Waals surface area (Å²) in [7, 11) is 1.79. The van der Waals surface area contributed by atoms with Gasteiger partial charge in [-0.2, -0.15) is 0 Å². The first kappa shape index (κ1) is 17.4. The van der Waals surface area contributed by atoms with Gasteiger partial charge in [0, 0.05) is 25.1 Å². The van der Waals surface area contributed by atoms with Crippen LogP contribution in [0.1, 0.15) is 24.9 Å². The Balaban J connectivity index is 2.01. The van der Waals surface area contributed by atoms with E-state index < -0.39 is 0 Å². The van der Waals surface area contributed by atoms with Crippen molar-refractivity contribution in [2.75, 3.05) is 19.0 Å². The van der Waals surface area contributed by atoms with Crippen LogP contribution >= 0.6 is 0 Å². The molecule has 1 atom stereocenters. The van der Waals surface area contributed by atoms with Crippen LogP contribution in [-0.2, 0) is 0 Å². The molecule has 124 valence electrons. The van der Waals surface area contributed by atoms with Crippen LogP contribution in [0.15, 0.2) is 48.8 Å². The first-order valence-corrected chi connectivity index (χ1v) is 7.75. The van der Waals surface area contributed by atoms with Gasteiger partial charge in [0.2, 0.25) is 0 Å². The van der Waals surface area contributed by atoms with E-state index in [0.29, 0.717) is 11.4 Å². The molecule has 5 nitrogen and oxygen atoms in total. The summed E-state index contributed by atoms with van der Waals surface area (Å²) in [6.45, 7) is 2.27. The summed E-state index contributed by atoms with van der Waals surface area (Å²) in [4.78, 5) is 18.2. The Hall–Kier alpha value is -3.00. The largest absolute Gasteiger partial charge is 0.481 e. The van der Waals surface area contributed by atoms with Crippen molar-refractivity contribution in [3.05, 3.63) is 54.4 Å². The predicted octanol–water partition coefficient (Wildman–Crippen LogP) is 3.71. The average Bonchev–Trinajstić information content (AvgIpc) is 2.62. The highest BCUT2D eigenvalue weighted by Crippen LogP contribution is 2.23. The minimum Gasteiger partial charge on any atom is -0.481 e. The number of carbonyl (C=O) groups is 1. The molecule has 0 aliphatic rings. The first-order valence-electron chi connectivity index (χ1n) is 7.75. The summed E-state index contributed by atoms with van der Waals surface area (Å²) in [5, 5.41) is 2.89. The van der Waals surface area contributed by atoms with Crippen molar-refractivity contribution in [3.63, 3.8) is 0 Å². The number of urea groups is 1. The number of anilines is 1. The number of benzene rings is 1. The highest BCUT2D eigenvalue weighted by Gasteiger charge is 2.20. The third kappa shape index (κ3) is 4.50. The molecule has 0 unspecified atom stereocenters. The molecule has 0 saturated heterocycles. The number of hydrogen-bond acceptors (Lipinski definition) is 3. The second kappa shape index (κ2) is 8.59. The van der Waals surface area contributed by atoms with Gasteiger partial charge in [-0.05, 0) is 48.4 Å². The van der Waals surface area contributed by atoms with Gasteiger partial charge in [0.1, 0.15) is 12.4 Å². The molecule has 1 aromatic carbocycles. The quantitative estimate of drug-likeness (QED) is 0.825. The Bertz CT molecular complexity index is 693. The van der Waals surface area contributed by atoms with Crippen molar-refractivity contribution in [2.45, 2.75) is 19.4 Å². The maximum atomic E-state index is 12.5. The van der Waals surface area contributed by atoms with Gasteiger partial charge in [-0.3, -0.25) is 4.98 Å². The van der Waals surface area contributed by atoms with Crippen molar-refractivity contribution >= 4 is 11.7 Å². The van der Waals surface area contributed by atoms with Crippen LogP contribution in [0.2, 0.25) is 0 Å². The Morgan fingerprint density at radius 2 is 1.96 bits per heavy atom. The Labute approximate surface area is 142 Å². The van der Waals surface area contributed by atoms with Crippen molar-refractivity contribution in [3.8, 4) is 18.1 Å². The van der Waals surface area contributed by atoms with Gasteiger partial charge in [-0.25, -0.2) is 4.79 Å². The topological polar surface area (TPSA) is 54.5 Å². The summed E-state index contributed by atoms with van der Waals surface area (Å²) in [6.07, 6.45) is 9.44. The van der Waals surface area contributed by atoms with Crippen molar-refractivity contribution in [1.82, 2.24) is 9.88 Å². The molecule has 0 bridgehead atoms. The number of hydrogen-bond donors (Lipinski definition) is 1. The summed E-state index contributed by atoms with van der Waals surface area (Å²) < 4.78 is 5.31. The van der Waals surface area contributed by atoms with E-state index in [2.05, 4.69) is 16.2 Å². The molecule has 0 spiro atoms. The Morgan fingerprint density at radius 1 is 1.29 bits per heavy atom. The lowest BCUT2D eigenvalue weighted by atomic mass is 10.1. The molecule has 0 saturated carbocycles. The number of terminal acetylenes is 1. The second-order valence-corrected chi connectivity index (χ2v) is 5.26. The maximum Gasteiger partial charge on any atom is 0.322 e. The lowest BCUT2D eigenvalue weighted by molar-refractivity contribution is 0.202. The van der Waals surface area contributed by atoms with E-state index in [1.165, 1.54) is 0 Å². The number of nitrogens with one attached hydrogen (secondary N) is 1. The van der Waals surface area contributed by atoms with Gasteiger partial charge in [0.05, 0.1) is 6.04 Å². The fourth-order valence-electron chi connectivity index (χ4n) is 2.43. The fourth-order valence-corrected chi connectivity index (χ4v) is 2.43. The molecule has 2 aromatic rings. The van der Waals surface area contributed by atoms with E-state index in [-0.39, 0.29) is 18.7 Å². The SMILES string of the molecule is C#CCOc1ccc(NC(=O)N(C)[C@@H](CC)c2ccncc2)cc1. The molecule has 24 heavy (non-hydrogen) atoms. The van der Waals surface area contributed by atoms with Crippen LogP contribution in [-0.4, -0.2) is 29.6 Å². The van der Waals surface area contributed by atoms with Crippen LogP contribution in [0.25, 0.3) is 0 Å². The van der Waals surface area contributed by atoms with Crippen LogP contribution in [0, 0.1) is 12.3 Å². The maximum absolute atomic E-state index is 12.5. The third-order valence-electron chi connectivity index (χ3n) is 3.69. The zero-order chi connectivity index (χ0) is 17.4. The van der Waals surface area contributed by atoms with Crippen LogP contribution in [0.4, 0.5) is 10.5 Å². The molecule has 1 heterocycles. The lowest BCUT2D eigenvalue weighted by Crippen LogP contribution is -2.34. The van der Waals surface area contributed by atoms with E-state index in [4.69, 9.17) is 11.2 Å². The Morgan fingerprint density at radius 3 is 2.54 bits per heavy atom. The summed E-state index contributed by atoms with van der Waals surface area (Å²) in [5.74, 6) is 3.08. The van der Waals surface area contributed by atoms with Crippen LogP contribution in [0.3, 0.4) is 0 Å². The minimum absolute atomic E-state index is 0.00812. The summed E-state index contributed by atoms with van der Waals surface area (Å²) in [5.41, 5.74) is 1.76. The molecule has 1 N–H and O–H groups in total. The molecule has 0 fully saturated rings. The number of nitrogens with zero attached hydrogens (tertiary/aromatic N) is 2. The average molecular weight is 323 g/mol. The van der Waals surface area contributed by atoms with E-state index in [1.807, 2.05) is 19.1 Å². The van der Waals surface area contributed by atoms with Gasteiger partial charge in [-0.1, -0.05) is 12.8 Å². The summed E-state index contributed by atoms with van der Waals surface area (Å²) in [6, 6.07) is 10.8. The number of amides is 2. The van der Waals surface area contributed by atoms with Crippen molar-refractivity contribution < 1.29 is 9.53 Å². The number of carbonyl (C=O) groups excluding carboxylic acids is 1. The van der Waals surface area contributed by atoms with Crippen LogP contribution in [0.5, 0.6) is 5.75 Å². The Kier molecular flexibility index (Phi) is 6.21. The zero-order valence-corrected chi connectivity index (χ0v) is 13.9. The standard InChI is InChI=1S/C19H21N3O2/c1-4-14-24-17-8-6-16(7-9-17)21-19(23)22(3)18(5-2)15-10-12-20-13-11-15/h1,6-13,18H,5,14H2,2-3H3,(H,21,23)/t18-/m0/s1. The zero-order valence-electron chi connectivity index (χ0n) is 13.9. The number of rotatable bonds is 6. The third-order valence-corrected chi connectivity index (χ3v) is 3.69. The van der Waals surface area contributed by atoms with E-state index in [0.717, 1.165) is 12.0 Å². The van der Waals surface area contributed by atoms with Crippen molar-refractivity contribution in [2.24, 2.45) is 0 Å². The predicted molar refractivity (Wildman–Crippen MR) is 94.8 cm³/mol. The molecule has 2 rings (SSSR count). The molecule has 0 radical (unpaired) electrons. The fraction of sp³-hybridized carbons (Fsp3) is 0.263. The van der Waals surface area contributed by atoms with Gasteiger partial charge in [-0.15, -0.1) is 6.42 Å². The molecular formula is C19H21N3O2. The van der Waals surface area contributed by atoms with Crippen molar-refractivity contribution in [1.29, 1.82) is 0 Å². The minimum atomic E-state index is -0.170. The van der Waals surface area contributed by atoms with E-state index >= 15 is 0 Å². The second-order valence-electron chi connectivity index (χ2n) is 5.26. The molecule has 0 aliphatic carbocycles. The van der Waals surface area contributed by atoms with Gasteiger partial charge >= 0.3 is 6.03 Å². The monoisotopic (exact) mass is 323 g/mol. The lowest BCUT2D eigenvalue weighted by Gasteiger charge is -2.27. The van der Waals surface area contributed by atoms with Gasteiger partial charge in [0.15, 0.2) is 0 Å². The highest BCUT2D eigenvalue weighted by atomic mass is 16.5. The first-order chi connectivity index (χ1) is 11.7. The van der Waals surface area contributed by atoms with Gasteiger partial charge in [0.25, 0.3) is 0 Å².